The van der Waals surface area contributed by atoms with Crippen molar-refractivity contribution >= 4 is 9.84 Å². The number of hydrogen-bond acceptors (Lipinski definition) is 5. The van der Waals surface area contributed by atoms with Crippen LogP contribution in [0.2, 0.25) is 0 Å². The van der Waals surface area contributed by atoms with Crippen molar-refractivity contribution in [3.8, 4) is 6.07 Å². The second kappa shape index (κ2) is 7.39. The van der Waals surface area contributed by atoms with E-state index in [1.54, 1.807) is 0 Å². The molecule has 1 rings (SSSR count). The SMILES string of the molecule is CCNC(C)(C#N)CCCCN1CCS(=O)(=O)CC1C. The first kappa shape index (κ1) is 17.4. The van der Waals surface area contributed by atoms with E-state index in [1.807, 2.05) is 20.8 Å². The van der Waals surface area contributed by atoms with Crippen LogP contribution in [0.15, 0.2) is 0 Å². The molecule has 1 heterocycles. The van der Waals surface area contributed by atoms with E-state index >= 15 is 0 Å². The summed E-state index contributed by atoms with van der Waals surface area (Å²) in [7, 11) is -2.82. The van der Waals surface area contributed by atoms with Gasteiger partial charge in [-0.15, -0.1) is 0 Å². The summed E-state index contributed by atoms with van der Waals surface area (Å²) in [5.74, 6) is 0.560. The molecule has 1 fully saturated rings. The van der Waals surface area contributed by atoms with Crippen molar-refractivity contribution in [2.24, 2.45) is 0 Å². The lowest BCUT2D eigenvalue weighted by Crippen LogP contribution is -2.47. The van der Waals surface area contributed by atoms with Crippen LogP contribution in [0, 0.1) is 11.3 Å². The van der Waals surface area contributed by atoms with E-state index in [4.69, 9.17) is 0 Å². The Morgan fingerprint density at radius 3 is 2.70 bits per heavy atom. The molecule has 2 unspecified atom stereocenters. The number of nitriles is 1. The van der Waals surface area contributed by atoms with Crippen LogP contribution >= 0.6 is 0 Å². The smallest absolute Gasteiger partial charge is 0.153 e. The van der Waals surface area contributed by atoms with Crippen molar-refractivity contribution in [1.82, 2.24) is 10.2 Å². The zero-order chi connectivity index (χ0) is 15.2. The maximum absolute atomic E-state index is 11.5. The molecule has 5 nitrogen and oxygen atoms in total. The van der Waals surface area contributed by atoms with Gasteiger partial charge >= 0.3 is 0 Å². The van der Waals surface area contributed by atoms with Gasteiger partial charge in [-0.05, 0) is 46.2 Å². The van der Waals surface area contributed by atoms with Gasteiger partial charge in [-0.3, -0.25) is 10.2 Å². The molecule has 0 aromatic rings. The molecular formula is C14H27N3O2S. The Hall–Kier alpha value is -0.640. The number of unbranched alkanes of at least 4 members (excludes halogenated alkanes) is 1. The largest absolute Gasteiger partial charge is 0.300 e. The Balaban J connectivity index is 2.30. The van der Waals surface area contributed by atoms with Crippen LogP contribution in [-0.4, -0.2) is 56.0 Å². The monoisotopic (exact) mass is 301 g/mol. The fourth-order valence-electron chi connectivity index (χ4n) is 2.73. The summed E-state index contributed by atoms with van der Waals surface area (Å²) >= 11 is 0. The first-order chi connectivity index (χ1) is 9.32. The van der Waals surface area contributed by atoms with E-state index in [1.165, 1.54) is 0 Å². The lowest BCUT2D eigenvalue weighted by molar-refractivity contribution is 0.219. The van der Waals surface area contributed by atoms with E-state index in [0.717, 1.165) is 32.4 Å². The van der Waals surface area contributed by atoms with Crippen molar-refractivity contribution in [1.29, 1.82) is 5.26 Å². The lowest BCUT2D eigenvalue weighted by atomic mass is 9.96. The van der Waals surface area contributed by atoms with Gasteiger partial charge in [-0.2, -0.15) is 5.26 Å². The second-order valence-electron chi connectivity index (χ2n) is 5.93. The second-order valence-corrected chi connectivity index (χ2v) is 8.16. The third kappa shape index (κ3) is 5.39. The van der Waals surface area contributed by atoms with Crippen molar-refractivity contribution in [3.63, 3.8) is 0 Å². The van der Waals surface area contributed by atoms with Crippen LogP contribution in [0.25, 0.3) is 0 Å². The summed E-state index contributed by atoms with van der Waals surface area (Å²) in [6, 6.07) is 2.45. The molecule has 116 valence electrons. The summed E-state index contributed by atoms with van der Waals surface area (Å²) in [6.45, 7) is 8.29. The van der Waals surface area contributed by atoms with Gasteiger partial charge in [-0.25, -0.2) is 8.42 Å². The van der Waals surface area contributed by atoms with E-state index < -0.39 is 15.4 Å². The van der Waals surface area contributed by atoms with Crippen molar-refractivity contribution in [2.45, 2.75) is 51.6 Å². The lowest BCUT2D eigenvalue weighted by Gasteiger charge is -2.33. The molecule has 0 saturated carbocycles. The minimum absolute atomic E-state index is 0.116. The number of hydrogen-bond donors (Lipinski definition) is 1. The van der Waals surface area contributed by atoms with Crippen LogP contribution in [0.1, 0.15) is 40.0 Å². The number of sulfone groups is 1. The predicted octanol–water partition coefficient (Wildman–Crippen LogP) is 1.17. The Labute approximate surface area is 123 Å². The average molecular weight is 301 g/mol. The Bertz CT molecular complexity index is 444. The molecule has 1 N–H and O–H groups in total. The molecule has 0 aromatic heterocycles. The summed E-state index contributed by atoms with van der Waals surface area (Å²) in [5, 5.41) is 12.4. The third-order valence-corrected chi connectivity index (χ3v) is 5.79. The predicted molar refractivity (Wildman–Crippen MR) is 81.2 cm³/mol. The van der Waals surface area contributed by atoms with E-state index in [9.17, 15) is 13.7 Å². The fraction of sp³-hybridized carbons (Fsp3) is 0.929. The third-order valence-electron chi connectivity index (χ3n) is 3.99. The zero-order valence-corrected chi connectivity index (χ0v) is 13.7. The van der Waals surface area contributed by atoms with Gasteiger partial charge in [0.2, 0.25) is 0 Å². The Kier molecular flexibility index (Phi) is 6.44. The van der Waals surface area contributed by atoms with Gasteiger partial charge in [0.1, 0.15) is 5.54 Å². The van der Waals surface area contributed by atoms with Crippen molar-refractivity contribution in [3.05, 3.63) is 0 Å². The van der Waals surface area contributed by atoms with Crippen LogP contribution in [-0.2, 0) is 9.84 Å². The van der Waals surface area contributed by atoms with Crippen LogP contribution in [0.3, 0.4) is 0 Å². The van der Waals surface area contributed by atoms with Crippen molar-refractivity contribution < 1.29 is 8.42 Å². The van der Waals surface area contributed by atoms with E-state index in [2.05, 4.69) is 16.3 Å². The van der Waals surface area contributed by atoms with Gasteiger partial charge in [0.25, 0.3) is 0 Å². The summed E-state index contributed by atoms with van der Waals surface area (Å²) < 4.78 is 23.0. The first-order valence-electron chi connectivity index (χ1n) is 7.42. The van der Waals surface area contributed by atoms with Gasteiger partial charge in [-0.1, -0.05) is 6.92 Å². The maximum atomic E-state index is 11.5. The maximum Gasteiger partial charge on any atom is 0.153 e. The molecule has 0 bridgehead atoms. The first-order valence-corrected chi connectivity index (χ1v) is 9.25. The van der Waals surface area contributed by atoms with Crippen LogP contribution in [0.5, 0.6) is 0 Å². The molecule has 0 aliphatic carbocycles. The minimum Gasteiger partial charge on any atom is -0.300 e. The van der Waals surface area contributed by atoms with Gasteiger partial charge in [0.05, 0.1) is 17.6 Å². The number of nitrogens with zero attached hydrogens (tertiary/aromatic N) is 2. The molecule has 2 atom stereocenters. The molecule has 0 radical (unpaired) electrons. The highest BCUT2D eigenvalue weighted by Gasteiger charge is 2.28. The highest BCUT2D eigenvalue weighted by molar-refractivity contribution is 7.91. The normalized spacial score (nSPS) is 25.8. The van der Waals surface area contributed by atoms with Gasteiger partial charge < -0.3 is 0 Å². The fourth-order valence-corrected chi connectivity index (χ4v) is 4.36. The van der Waals surface area contributed by atoms with Crippen LogP contribution in [0.4, 0.5) is 0 Å². The molecule has 0 spiro atoms. The van der Waals surface area contributed by atoms with Gasteiger partial charge in [0.15, 0.2) is 9.84 Å². The zero-order valence-electron chi connectivity index (χ0n) is 12.9. The number of nitrogens with one attached hydrogen (secondary N) is 1. The quantitative estimate of drug-likeness (QED) is 0.715. The summed E-state index contributed by atoms with van der Waals surface area (Å²) in [4.78, 5) is 2.25. The number of rotatable bonds is 7. The van der Waals surface area contributed by atoms with Crippen LogP contribution < -0.4 is 5.32 Å². The molecule has 0 aromatic carbocycles. The van der Waals surface area contributed by atoms with Gasteiger partial charge in [0, 0.05) is 12.6 Å². The summed E-state index contributed by atoms with van der Waals surface area (Å²) in [5.41, 5.74) is -0.439. The highest BCUT2D eigenvalue weighted by Crippen LogP contribution is 2.16. The molecular weight excluding hydrogens is 274 g/mol. The van der Waals surface area contributed by atoms with Crippen molar-refractivity contribution in [2.75, 3.05) is 31.1 Å². The summed E-state index contributed by atoms with van der Waals surface area (Å²) in [6.07, 6.45) is 2.82. The van der Waals surface area contributed by atoms with E-state index in [0.29, 0.717) is 6.54 Å². The Morgan fingerprint density at radius 2 is 2.15 bits per heavy atom. The standard InChI is InChI=1S/C14H27N3O2S/c1-4-16-14(3,12-15)7-5-6-8-17-9-10-20(18,19)11-13(17)2/h13,16H,4-11H2,1-3H3. The molecule has 0 amide bonds. The topological polar surface area (TPSA) is 73.2 Å². The molecule has 1 saturated heterocycles. The Morgan fingerprint density at radius 1 is 1.45 bits per heavy atom. The van der Waals surface area contributed by atoms with E-state index in [-0.39, 0.29) is 17.5 Å². The molecule has 6 heteroatoms. The average Bonchev–Trinajstić information content (AvgIpc) is 2.36. The molecule has 1 aliphatic rings. The minimum atomic E-state index is -2.82. The highest BCUT2D eigenvalue weighted by atomic mass is 32.2. The molecule has 1 aliphatic heterocycles. The molecule has 20 heavy (non-hydrogen) atoms.